The molecule has 264 valence electrons. The molecular formula is C42H62Cl2N4. The predicted molar refractivity (Wildman–Crippen MR) is 217 cm³/mol. The van der Waals surface area contributed by atoms with Crippen LogP contribution in [0.15, 0.2) is 48.5 Å². The van der Waals surface area contributed by atoms with Crippen LogP contribution in [0.1, 0.15) is 166 Å². The summed E-state index contributed by atoms with van der Waals surface area (Å²) in [7, 11) is 0. The molecule has 0 saturated carbocycles. The van der Waals surface area contributed by atoms with Gasteiger partial charge >= 0.3 is 0 Å². The first-order valence-corrected chi connectivity index (χ1v) is 18.7. The molecule has 0 fully saturated rings. The second-order valence-electron chi connectivity index (χ2n) is 13.7. The molecule has 4 nitrogen and oxygen atoms in total. The third-order valence-corrected chi connectivity index (χ3v) is 9.75. The van der Waals surface area contributed by atoms with E-state index in [4.69, 9.17) is 9.97 Å². The number of aromatic nitrogens is 4. The fraction of sp³-hybridized carbons (Fsp3) is 0.524. The Kier molecular flexibility index (Phi) is 18.2. The van der Waals surface area contributed by atoms with Crippen molar-refractivity contribution in [2.24, 2.45) is 0 Å². The van der Waals surface area contributed by atoms with Crippen LogP contribution in [0.25, 0.3) is 45.4 Å². The number of fused-ring (bicyclic) bond motifs is 8. The maximum absolute atomic E-state index is 5.12. The monoisotopic (exact) mass is 692 g/mol. The number of nitrogens with zero attached hydrogens (tertiary/aromatic N) is 2. The highest BCUT2D eigenvalue weighted by Crippen LogP contribution is 2.34. The van der Waals surface area contributed by atoms with E-state index in [1.54, 1.807) is 0 Å². The quantitative estimate of drug-likeness (QED) is 0.0905. The highest BCUT2D eigenvalue weighted by atomic mass is 35.5. The molecular weight excluding hydrogens is 631 g/mol. The van der Waals surface area contributed by atoms with E-state index in [0.29, 0.717) is 0 Å². The van der Waals surface area contributed by atoms with E-state index >= 15 is 0 Å². The number of hydrogen-bond donors (Lipinski definition) is 2. The van der Waals surface area contributed by atoms with E-state index < -0.39 is 0 Å². The fourth-order valence-electron chi connectivity index (χ4n) is 6.95. The van der Waals surface area contributed by atoms with Crippen molar-refractivity contribution in [2.75, 3.05) is 0 Å². The number of unbranched alkanes of at least 4 members (excludes halogenated alkanes) is 18. The van der Waals surface area contributed by atoms with E-state index in [-0.39, 0.29) is 26.2 Å². The zero-order chi connectivity index (χ0) is 31.8. The summed E-state index contributed by atoms with van der Waals surface area (Å²) in [5.74, 6) is 0. The molecule has 0 amide bonds. The van der Waals surface area contributed by atoms with Gasteiger partial charge in [0.25, 0.3) is 0 Å². The number of rotatable bonds is 20. The highest BCUT2D eigenvalue weighted by molar-refractivity contribution is 5.92. The Hall–Kier alpha value is -2.82. The topological polar surface area (TPSA) is 57.4 Å². The molecule has 0 aliphatic carbocycles. The van der Waals surface area contributed by atoms with E-state index in [0.717, 1.165) is 51.3 Å². The minimum atomic E-state index is 0. The summed E-state index contributed by atoms with van der Waals surface area (Å²) >= 11 is 0. The Balaban J connectivity index is 0.00000278. The van der Waals surface area contributed by atoms with Gasteiger partial charge in [0.2, 0.25) is 0 Å². The molecule has 0 radical (unpaired) electrons. The molecule has 6 heteroatoms. The lowest BCUT2D eigenvalue weighted by Crippen LogP contribution is -1.86. The number of aromatic amines is 2. The van der Waals surface area contributed by atoms with Crippen molar-refractivity contribution < 1.29 is 1.43 Å². The van der Waals surface area contributed by atoms with Crippen LogP contribution in [0.4, 0.5) is 0 Å². The number of hydrogen-bond acceptors (Lipinski definition) is 2. The Labute approximate surface area is 304 Å². The molecule has 0 unspecified atom stereocenters. The third kappa shape index (κ3) is 12.9. The highest BCUT2D eigenvalue weighted by Gasteiger charge is 2.17. The van der Waals surface area contributed by atoms with Gasteiger partial charge in [0.05, 0.1) is 22.8 Å². The Morgan fingerprint density at radius 1 is 0.479 bits per heavy atom. The van der Waals surface area contributed by atoms with Crippen molar-refractivity contribution in [3.8, 4) is 0 Å². The molecule has 2 N–H and O–H groups in total. The average Bonchev–Trinajstić information content (AvgIpc) is 3.85. The van der Waals surface area contributed by atoms with Gasteiger partial charge in [0, 0.05) is 23.5 Å². The maximum atomic E-state index is 5.12. The first kappa shape index (κ1) is 39.6. The van der Waals surface area contributed by atoms with Crippen LogP contribution in [0.5, 0.6) is 0 Å². The summed E-state index contributed by atoms with van der Waals surface area (Å²) in [6, 6.07) is 17.1. The number of H-pyrrole nitrogens is 2. The lowest BCUT2D eigenvalue weighted by atomic mass is 9.98. The Bertz CT molecular complexity index is 1600. The van der Waals surface area contributed by atoms with Crippen molar-refractivity contribution in [2.45, 2.75) is 142 Å². The Morgan fingerprint density at radius 3 is 1.40 bits per heavy atom. The molecule has 0 atom stereocenters. The standard InChI is InChI=1S/C42H58N4.2ClH.H2/c1-3-4-5-6-7-8-9-10-11-12-13-14-15-16-17-18-19-20-21-22-40-33(2)41-31-38-27-25-36(44-38)29-34-23-24-35(43-34)30-37-26-28-39(45-37)32-42(40)46-41;;;/h23-32,43,45H,3-22H2,1-2H3;3*1H. The molecule has 3 aromatic heterocycles. The van der Waals surface area contributed by atoms with Gasteiger partial charge in [-0.3, -0.25) is 0 Å². The van der Waals surface area contributed by atoms with Gasteiger partial charge in [0.1, 0.15) is 0 Å². The lowest BCUT2D eigenvalue weighted by Gasteiger charge is -2.06. The Morgan fingerprint density at radius 2 is 0.896 bits per heavy atom. The van der Waals surface area contributed by atoms with Crippen LogP contribution in [0.2, 0.25) is 0 Å². The first-order chi connectivity index (χ1) is 22.7. The van der Waals surface area contributed by atoms with Crippen LogP contribution in [-0.2, 0) is 0 Å². The van der Waals surface area contributed by atoms with Gasteiger partial charge < -0.3 is 9.97 Å². The zero-order valence-corrected chi connectivity index (χ0v) is 31.3. The van der Waals surface area contributed by atoms with Gasteiger partial charge in [-0.25, -0.2) is 9.97 Å². The van der Waals surface area contributed by atoms with Crippen LogP contribution >= 0.6 is 24.8 Å². The van der Waals surface area contributed by atoms with Gasteiger partial charge in [-0.15, -0.1) is 24.8 Å². The van der Waals surface area contributed by atoms with Crippen LogP contribution in [0.3, 0.4) is 0 Å². The molecule has 0 spiro atoms. The molecule has 2 aliphatic rings. The smallest absolute Gasteiger partial charge is 0.0693 e. The van der Waals surface area contributed by atoms with Crippen molar-refractivity contribution in [3.63, 3.8) is 0 Å². The van der Waals surface area contributed by atoms with Crippen LogP contribution in [-0.4, -0.2) is 19.9 Å². The number of nitrogens with one attached hydrogen (secondary N) is 2. The van der Waals surface area contributed by atoms with E-state index in [9.17, 15) is 0 Å². The van der Waals surface area contributed by atoms with Crippen LogP contribution in [0, 0.1) is 0 Å². The number of allylic oxidation sites excluding steroid dienone is 2. The summed E-state index contributed by atoms with van der Waals surface area (Å²) in [4.78, 5) is 17.0. The predicted octanol–water partition coefficient (Wildman–Crippen LogP) is 14.3. The van der Waals surface area contributed by atoms with Crippen molar-refractivity contribution in [1.29, 1.82) is 0 Å². The normalized spacial score (nSPS) is 12.3. The summed E-state index contributed by atoms with van der Waals surface area (Å²) in [6.45, 7) is 4.54. The van der Waals surface area contributed by atoms with Crippen molar-refractivity contribution >= 4 is 70.2 Å². The number of halogens is 2. The molecule has 0 saturated heterocycles. The summed E-state index contributed by atoms with van der Waals surface area (Å²) < 4.78 is 0. The molecule has 48 heavy (non-hydrogen) atoms. The van der Waals surface area contributed by atoms with E-state index in [1.807, 2.05) is 0 Å². The second kappa shape index (κ2) is 22.0. The SMILES string of the molecule is CCCCCCCCCCCCCCCCCCCCCC1=C(C)c2cc3nc(cc4ccc(cc5ccc(cc1n2)[nH]5)[nH]4)C=C3.Cl.Cl.[HH]. The van der Waals surface area contributed by atoms with Gasteiger partial charge in [-0.1, -0.05) is 122 Å². The summed E-state index contributed by atoms with van der Waals surface area (Å²) in [5, 5.41) is 0. The minimum Gasteiger partial charge on any atom is -0.355 e. The summed E-state index contributed by atoms with van der Waals surface area (Å²) in [6.07, 6.45) is 32.0. The van der Waals surface area contributed by atoms with Crippen molar-refractivity contribution in [1.82, 2.24) is 19.9 Å². The van der Waals surface area contributed by atoms with Gasteiger partial charge in [0.15, 0.2) is 0 Å². The fourth-order valence-corrected chi connectivity index (χ4v) is 6.95. The molecule has 8 bridgehead atoms. The maximum Gasteiger partial charge on any atom is 0.0693 e. The average molecular weight is 694 g/mol. The molecule has 3 aromatic rings. The second-order valence-corrected chi connectivity index (χ2v) is 13.7. The summed E-state index contributed by atoms with van der Waals surface area (Å²) in [5.41, 5.74) is 11.0. The van der Waals surface area contributed by atoms with Crippen molar-refractivity contribution in [3.05, 3.63) is 71.3 Å². The van der Waals surface area contributed by atoms with Gasteiger partial charge in [-0.2, -0.15) is 0 Å². The minimum absolute atomic E-state index is 0. The van der Waals surface area contributed by atoms with E-state index in [1.165, 1.54) is 133 Å². The molecule has 5 rings (SSSR count). The molecule has 2 aliphatic heterocycles. The largest absolute Gasteiger partial charge is 0.355 e. The van der Waals surface area contributed by atoms with E-state index in [2.05, 4.69) is 84.5 Å². The van der Waals surface area contributed by atoms with Crippen LogP contribution < -0.4 is 0 Å². The lowest BCUT2D eigenvalue weighted by molar-refractivity contribution is 0.524. The molecule has 5 heterocycles. The molecule has 0 aromatic carbocycles. The van der Waals surface area contributed by atoms with Gasteiger partial charge in [-0.05, 0) is 91.6 Å². The third-order valence-electron chi connectivity index (χ3n) is 9.75. The zero-order valence-electron chi connectivity index (χ0n) is 29.6. The first-order valence-electron chi connectivity index (χ1n) is 18.7.